The third kappa shape index (κ3) is 4.09. The molecule has 0 spiro atoms. The minimum atomic E-state index is 0.338. The van der Waals surface area contributed by atoms with Crippen molar-refractivity contribution in [3.63, 3.8) is 0 Å². The van der Waals surface area contributed by atoms with Crippen molar-refractivity contribution in [3.8, 4) is 6.07 Å². The van der Waals surface area contributed by atoms with E-state index in [4.69, 9.17) is 4.74 Å². The predicted molar refractivity (Wildman–Crippen MR) is 86.4 cm³/mol. The number of aromatic nitrogens is 2. The molecule has 116 valence electrons. The van der Waals surface area contributed by atoms with Gasteiger partial charge < -0.3 is 10.1 Å². The van der Waals surface area contributed by atoms with Crippen LogP contribution in [0.3, 0.4) is 0 Å². The molecular formula is C17H22N4O. The Morgan fingerprint density at radius 2 is 2.09 bits per heavy atom. The maximum atomic E-state index is 9.18. The molecule has 2 aromatic rings. The number of rotatable bonds is 7. The standard InChI is InChI=1S/C17H22N4O/c1-13(11-22-12-15-7-5-4-6-8-15)10-19-17-16(9-18)14(2)20-21(17)3/h4-8,13,19H,10-12H2,1-3H3. The molecule has 0 aliphatic carbocycles. The Kier molecular flexibility index (Phi) is 5.56. The Morgan fingerprint density at radius 3 is 2.77 bits per heavy atom. The van der Waals surface area contributed by atoms with Crippen LogP contribution in [0.2, 0.25) is 0 Å². The topological polar surface area (TPSA) is 62.9 Å². The van der Waals surface area contributed by atoms with E-state index < -0.39 is 0 Å². The normalized spacial score (nSPS) is 11.9. The first-order valence-electron chi connectivity index (χ1n) is 7.41. The lowest BCUT2D eigenvalue weighted by atomic mass is 10.2. The number of nitrogens with one attached hydrogen (secondary N) is 1. The summed E-state index contributed by atoms with van der Waals surface area (Å²) >= 11 is 0. The zero-order valence-corrected chi connectivity index (χ0v) is 13.3. The highest BCUT2D eigenvalue weighted by molar-refractivity contribution is 5.54. The molecule has 0 amide bonds. The van der Waals surface area contributed by atoms with Crippen LogP contribution in [0.25, 0.3) is 0 Å². The van der Waals surface area contributed by atoms with Gasteiger partial charge in [0, 0.05) is 13.6 Å². The summed E-state index contributed by atoms with van der Waals surface area (Å²) in [7, 11) is 1.84. The molecule has 0 saturated carbocycles. The van der Waals surface area contributed by atoms with Crippen molar-refractivity contribution in [2.24, 2.45) is 13.0 Å². The first kappa shape index (κ1) is 16.1. The highest BCUT2D eigenvalue weighted by Gasteiger charge is 2.13. The summed E-state index contributed by atoms with van der Waals surface area (Å²) in [5, 5.41) is 16.7. The number of nitrogens with zero attached hydrogens (tertiary/aromatic N) is 3. The number of nitriles is 1. The first-order chi connectivity index (χ1) is 10.6. The van der Waals surface area contributed by atoms with Gasteiger partial charge in [-0.2, -0.15) is 10.4 Å². The highest BCUT2D eigenvalue weighted by Crippen LogP contribution is 2.17. The smallest absolute Gasteiger partial charge is 0.142 e. The summed E-state index contributed by atoms with van der Waals surface area (Å²) < 4.78 is 7.45. The second kappa shape index (κ2) is 7.62. The van der Waals surface area contributed by atoms with Gasteiger partial charge in [-0.05, 0) is 18.4 Å². The van der Waals surface area contributed by atoms with Crippen LogP contribution in [-0.2, 0) is 18.4 Å². The Bertz CT molecular complexity index is 643. The lowest BCUT2D eigenvalue weighted by molar-refractivity contribution is 0.0954. The van der Waals surface area contributed by atoms with Gasteiger partial charge in [0.2, 0.25) is 0 Å². The summed E-state index contributed by atoms with van der Waals surface area (Å²) in [6.45, 7) is 5.99. The lowest BCUT2D eigenvalue weighted by Crippen LogP contribution is -2.18. The van der Waals surface area contributed by atoms with E-state index >= 15 is 0 Å². The van der Waals surface area contributed by atoms with Crippen molar-refractivity contribution in [1.29, 1.82) is 5.26 Å². The van der Waals surface area contributed by atoms with E-state index in [-0.39, 0.29) is 0 Å². The molecular weight excluding hydrogens is 276 g/mol. The molecule has 1 N–H and O–H groups in total. The summed E-state index contributed by atoms with van der Waals surface area (Å²) in [5.41, 5.74) is 2.54. The minimum Gasteiger partial charge on any atom is -0.376 e. The highest BCUT2D eigenvalue weighted by atomic mass is 16.5. The maximum Gasteiger partial charge on any atom is 0.142 e. The van der Waals surface area contributed by atoms with Gasteiger partial charge in [-0.25, -0.2) is 0 Å². The molecule has 0 fully saturated rings. The van der Waals surface area contributed by atoms with Gasteiger partial charge in [0.15, 0.2) is 0 Å². The molecule has 0 radical (unpaired) electrons. The summed E-state index contributed by atoms with van der Waals surface area (Å²) in [6, 6.07) is 12.3. The molecule has 1 unspecified atom stereocenters. The van der Waals surface area contributed by atoms with E-state index in [1.165, 1.54) is 5.56 Å². The van der Waals surface area contributed by atoms with Crippen molar-refractivity contribution in [3.05, 3.63) is 47.2 Å². The average Bonchev–Trinajstić information content (AvgIpc) is 2.79. The van der Waals surface area contributed by atoms with Gasteiger partial charge in [-0.3, -0.25) is 4.68 Å². The van der Waals surface area contributed by atoms with Crippen molar-refractivity contribution >= 4 is 5.82 Å². The second-order valence-electron chi connectivity index (χ2n) is 5.53. The summed E-state index contributed by atoms with van der Waals surface area (Å²) in [5.74, 6) is 1.11. The molecule has 1 aromatic carbocycles. The molecule has 22 heavy (non-hydrogen) atoms. The van der Waals surface area contributed by atoms with Crippen LogP contribution in [0.4, 0.5) is 5.82 Å². The largest absolute Gasteiger partial charge is 0.376 e. The quantitative estimate of drug-likeness (QED) is 0.853. The Labute approximate surface area is 131 Å². The molecule has 1 heterocycles. The van der Waals surface area contributed by atoms with E-state index in [1.54, 1.807) is 4.68 Å². The molecule has 0 bridgehead atoms. The number of anilines is 1. The average molecular weight is 298 g/mol. The second-order valence-corrected chi connectivity index (χ2v) is 5.53. The van der Waals surface area contributed by atoms with E-state index in [0.29, 0.717) is 24.7 Å². The fourth-order valence-corrected chi connectivity index (χ4v) is 2.28. The predicted octanol–water partition coefficient (Wildman–Crippen LogP) is 2.87. The van der Waals surface area contributed by atoms with E-state index in [9.17, 15) is 5.26 Å². The fourth-order valence-electron chi connectivity index (χ4n) is 2.28. The van der Waals surface area contributed by atoms with Gasteiger partial charge in [-0.15, -0.1) is 0 Å². The molecule has 5 heteroatoms. The van der Waals surface area contributed by atoms with E-state index in [0.717, 1.165) is 18.1 Å². The van der Waals surface area contributed by atoms with Crippen LogP contribution in [-0.4, -0.2) is 22.9 Å². The molecule has 2 rings (SSSR count). The monoisotopic (exact) mass is 298 g/mol. The number of benzene rings is 1. The number of hydrogen-bond acceptors (Lipinski definition) is 4. The van der Waals surface area contributed by atoms with Gasteiger partial charge in [0.05, 0.1) is 18.9 Å². The Balaban J connectivity index is 1.79. The van der Waals surface area contributed by atoms with Crippen LogP contribution in [0, 0.1) is 24.2 Å². The summed E-state index contributed by atoms with van der Waals surface area (Å²) in [4.78, 5) is 0. The molecule has 0 aliphatic heterocycles. The van der Waals surface area contributed by atoms with E-state index in [2.05, 4.69) is 35.5 Å². The van der Waals surface area contributed by atoms with E-state index in [1.807, 2.05) is 32.2 Å². The third-order valence-electron chi connectivity index (χ3n) is 3.47. The fraction of sp³-hybridized carbons (Fsp3) is 0.412. The first-order valence-corrected chi connectivity index (χ1v) is 7.41. The third-order valence-corrected chi connectivity index (χ3v) is 3.47. The van der Waals surface area contributed by atoms with Crippen LogP contribution >= 0.6 is 0 Å². The molecule has 0 saturated heterocycles. The number of ether oxygens (including phenoxy) is 1. The van der Waals surface area contributed by atoms with Gasteiger partial charge in [0.1, 0.15) is 17.5 Å². The van der Waals surface area contributed by atoms with Gasteiger partial charge in [-0.1, -0.05) is 37.3 Å². The van der Waals surface area contributed by atoms with Crippen LogP contribution < -0.4 is 5.32 Å². The Hall–Kier alpha value is -2.32. The molecule has 1 aromatic heterocycles. The Morgan fingerprint density at radius 1 is 1.36 bits per heavy atom. The van der Waals surface area contributed by atoms with Gasteiger partial charge in [0.25, 0.3) is 0 Å². The molecule has 0 aliphatic rings. The lowest BCUT2D eigenvalue weighted by Gasteiger charge is -2.14. The number of aryl methyl sites for hydroxylation is 2. The minimum absolute atomic E-state index is 0.338. The zero-order chi connectivity index (χ0) is 15.9. The van der Waals surface area contributed by atoms with Crippen molar-refractivity contribution in [1.82, 2.24) is 9.78 Å². The van der Waals surface area contributed by atoms with Crippen LogP contribution in [0.15, 0.2) is 30.3 Å². The van der Waals surface area contributed by atoms with Crippen molar-refractivity contribution in [2.75, 3.05) is 18.5 Å². The maximum absolute atomic E-state index is 9.18. The number of hydrogen-bond donors (Lipinski definition) is 1. The zero-order valence-electron chi connectivity index (χ0n) is 13.3. The van der Waals surface area contributed by atoms with Crippen molar-refractivity contribution < 1.29 is 4.74 Å². The van der Waals surface area contributed by atoms with Gasteiger partial charge >= 0.3 is 0 Å². The summed E-state index contributed by atoms with van der Waals surface area (Å²) in [6.07, 6.45) is 0. The van der Waals surface area contributed by atoms with Crippen molar-refractivity contribution in [2.45, 2.75) is 20.5 Å². The SMILES string of the molecule is Cc1nn(C)c(NCC(C)COCc2ccccc2)c1C#N. The van der Waals surface area contributed by atoms with Crippen LogP contribution in [0.5, 0.6) is 0 Å². The van der Waals surface area contributed by atoms with Crippen LogP contribution in [0.1, 0.15) is 23.7 Å². The molecule has 5 nitrogen and oxygen atoms in total. The molecule has 1 atom stereocenters.